The normalized spacial score (nSPS) is 19.8. The number of rotatable bonds is 17. The summed E-state index contributed by atoms with van der Waals surface area (Å²) in [5, 5.41) is 10.7. The van der Waals surface area contributed by atoms with E-state index in [1.54, 1.807) is 91.3 Å². The minimum atomic E-state index is -1.20. The predicted molar refractivity (Wildman–Crippen MR) is 263 cm³/mol. The fraction of sp³-hybridized carbons (Fsp3) is 0.440. The van der Waals surface area contributed by atoms with Gasteiger partial charge in [-0.15, -0.1) is 0 Å². The maximum absolute atomic E-state index is 14.6. The Morgan fingerprint density at radius 3 is 1.99 bits per heavy atom. The number of nitrogen functional groups attached to an aromatic ring is 2. The van der Waals surface area contributed by atoms with Gasteiger partial charge in [0.1, 0.15) is 29.5 Å². The van der Waals surface area contributed by atoms with E-state index in [0.717, 1.165) is 9.80 Å². The van der Waals surface area contributed by atoms with Crippen LogP contribution in [0.3, 0.4) is 0 Å². The number of pyridine rings is 2. The molecule has 3 aliphatic rings. The molecule has 72 heavy (non-hydrogen) atoms. The van der Waals surface area contributed by atoms with E-state index in [1.807, 2.05) is 6.92 Å². The maximum atomic E-state index is 14.6. The zero-order valence-corrected chi connectivity index (χ0v) is 41.0. The molecule has 21 nitrogen and oxygen atoms in total. The third-order valence-corrected chi connectivity index (χ3v) is 14.1. The molecule has 5 aromatic rings. The number of nitrogens with zero attached hydrogens (tertiary/aromatic N) is 10. The Labute approximate surface area is 416 Å². The predicted octanol–water partition coefficient (Wildman–Crippen LogP) is 3.93. The van der Waals surface area contributed by atoms with Crippen LogP contribution in [0.25, 0.3) is 0 Å². The zero-order valence-electron chi connectivity index (χ0n) is 41.0. The number of ether oxygens (including phenoxy) is 1. The molecule has 0 radical (unpaired) electrons. The van der Waals surface area contributed by atoms with Crippen LogP contribution in [0, 0.1) is 30.5 Å². The summed E-state index contributed by atoms with van der Waals surface area (Å²) in [6.07, 6.45) is 11.0. The number of aromatic nitrogens is 6. The molecule has 4 aromatic heterocycles. The Bertz CT molecular complexity index is 2830. The molecule has 8 amide bonds. The van der Waals surface area contributed by atoms with E-state index in [0.29, 0.717) is 80.1 Å². The average Bonchev–Trinajstić information content (AvgIpc) is 4.03. The van der Waals surface area contributed by atoms with Gasteiger partial charge in [-0.1, -0.05) is 19.1 Å². The van der Waals surface area contributed by atoms with Gasteiger partial charge in [-0.3, -0.25) is 43.5 Å². The number of halogens is 1. The summed E-state index contributed by atoms with van der Waals surface area (Å²) in [7, 11) is 4.83. The molecular formula is C50H61FN14O7. The highest BCUT2D eigenvalue weighted by molar-refractivity contribution is 6.13. The quantitative estimate of drug-likeness (QED) is 0.0965. The lowest BCUT2D eigenvalue weighted by Crippen LogP contribution is -2.71. The SMILES string of the molecule is CC[C@@H](NC(=O)N1C(=O)[C@H](Cc2ccnc(N)c2)[C@H]1C(=O)N(C)c1ccn(CCC[C@@H](NC(=O)N2C(=O)[C@H](Cc3ccnc(N)c3)[C@H]2C(=O)N(C)c2nccn2C)C2CCOCC2)n1)c1cccc(F)c1C. The van der Waals surface area contributed by atoms with E-state index < -0.39 is 77.5 Å². The fourth-order valence-electron chi connectivity index (χ4n) is 10.1. The van der Waals surface area contributed by atoms with Crippen LogP contribution >= 0.6 is 0 Å². The molecule has 8 rings (SSSR count). The number of nitrogens with two attached hydrogens (primary N) is 2. The number of amides is 8. The lowest BCUT2D eigenvalue weighted by molar-refractivity contribution is -0.156. The Morgan fingerprint density at radius 2 is 1.42 bits per heavy atom. The highest BCUT2D eigenvalue weighted by Gasteiger charge is 2.57. The molecule has 6 N–H and O–H groups in total. The zero-order chi connectivity index (χ0) is 51.4. The summed E-state index contributed by atoms with van der Waals surface area (Å²) >= 11 is 0. The second-order valence-electron chi connectivity index (χ2n) is 18.7. The summed E-state index contributed by atoms with van der Waals surface area (Å²) in [6, 6.07) is 8.13. The van der Waals surface area contributed by atoms with Crippen molar-refractivity contribution < 1.29 is 37.9 Å². The minimum Gasteiger partial charge on any atom is -0.384 e. The van der Waals surface area contributed by atoms with Crippen molar-refractivity contribution in [1.82, 2.24) is 49.7 Å². The van der Waals surface area contributed by atoms with Crippen LogP contribution in [-0.4, -0.2) is 120 Å². The summed E-state index contributed by atoms with van der Waals surface area (Å²) < 4.78 is 23.6. The van der Waals surface area contributed by atoms with Gasteiger partial charge >= 0.3 is 12.1 Å². The van der Waals surface area contributed by atoms with Crippen LogP contribution < -0.4 is 31.9 Å². The number of hydrogen-bond donors (Lipinski definition) is 4. The number of carbonyl (C=O) groups excluding carboxylic acids is 6. The first-order chi connectivity index (χ1) is 34.6. The Morgan fingerprint density at radius 1 is 0.819 bits per heavy atom. The molecule has 6 atom stereocenters. The molecular weight excluding hydrogens is 928 g/mol. The number of nitrogens with one attached hydrogen (secondary N) is 2. The van der Waals surface area contributed by atoms with Crippen molar-refractivity contribution in [1.29, 1.82) is 0 Å². The summed E-state index contributed by atoms with van der Waals surface area (Å²) in [4.78, 5) is 102. The molecule has 7 heterocycles. The molecule has 22 heteroatoms. The van der Waals surface area contributed by atoms with Gasteiger partial charge in [0.25, 0.3) is 11.8 Å². The van der Waals surface area contributed by atoms with E-state index in [4.69, 9.17) is 16.2 Å². The minimum absolute atomic E-state index is 0.0170. The molecule has 0 saturated carbocycles. The van der Waals surface area contributed by atoms with Crippen LogP contribution in [0.2, 0.25) is 0 Å². The summed E-state index contributed by atoms with van der Waals surface area (Å²) in [6.45, 7) is 4.84. The van der Waals surface area contributed by atoms with Crippen molar-refractivity contribution in [2.75, 3.05) is 48.6 Å². The van der Waals surface area contributed by atoms with Crippen LogP contribution in [0.15, 0.2) is 79.5 Å². The molecule has 380 valence electrons. The van der Waals surface area contributed by atoms with E-state index in [2.05, 4.69) is 30.7 Å². The number of benzene rings is 1. The molecule has 0 bridgehead atoms. The Kier molecular flexibility index (Phi) is 15.3. The van der Waals surface area contributed by atoms with Crippen LogP contribution in [0.1, 0.15) is 67.3 Å². The van der Waals surface area contributed by atoms with E-state index >= 15 is 0 Å². The van der Waals surface area contributed by atoms with E-state index in [-0.39, 0.29) is 36.2 Å². The summed E-state index contributed by atoms with van der Waals surface area (Å²) in [5.41, 5.74) is 14.2. The van der Waals surface area contributed by atoms with Gasteiger partial charge in [-0.2, -0.15) is 5.10 Å². The van der Waals surface area contributed by atoms with Crippen molar-refractivity contribution in [3.8, 4) is 0 Å². The smallest absolute Gasteiger partial charge is 0.325 e. The van der Waals surface area contributed by atoms with Crippen molar-refractivity contribution >= 4 is 59.1 Å². The number of carbonyl (C=O) groups is 6. The molecule has 0 spiro atoms. The first kappa shape index (κ1) is 50.6. The highest BCUT2D eigenvalue weighted by atomic mass is 19.1. The number of imide groups is 2. The second kappa shape index (κ2) is 21.7. The number of hydrogen-bond acceptors (Lipinski definition) is 13. The third-order valence-electron chi connectivity index (χ3n) is 14.1. The largest absolute Gasteiger partial charge is 0.384 e. The lowest BCUT2D eigenvalue weighted by atomic mass is 9.81. The second-order valence-corrected chi connectivity index (χ2v) is 18.7. The monoisotopic (exact) mass is 988 g/mol. The number of likely N-dealkylation sites (N-methyl/N-ethyl adjacent to an activating group) is 2. The van der Waals surface area contributed by atoms with Gasteiger partial charge < -0.3 is 31.4 Å². The van der Waals surface area contributed by atoms with E-state index in [9.17, 15) is 33.2 Å². The van der Waals surface area contributed by atoms with E-state index in [1.165, 1.54) is 35.3 Å². The average molecular weight is 989 g/mol. The number of likely N-dealkylation sites (tertiary alicyclic amines) is 2. The van der Waals surface area contributed by atoms with Gasteiger partial charge in [-0.25, -0.2) is 28.9 Å². The molecule has 3 saturated heterocycles. The number of aryl methyl sites for hydroxylation is 2. The number of urea groups is 2. The van der Waals surface area contributed by atoms with Gasteiger partial charge in [-0.05, 0) is 110 Å². The highest BCUT2D eigenvalue weighted by Crippen LogP contribution is 2.36. The Balaban J connectivity index is 0.953. The number of imidazole rings is 1. The molecule has 3 aliphatic heterocycles. The van der Waals surface area contributed by atoms with Gasteiger partial charge in [0.05, 0.1) is 17.9 Å². The van der Waals surface area contributed by atoms with Gasteiger partial charge in [0.15, 0.2) is 5.82 Å². The van der Waals surface area contributed by atoms with Gasteiger partial charge in [0, 0.05) is 84.0 Å². The van der Waals surface area contributed by atoms with Crippen LogP contribution in [0.5, 0.6) is 0 Å². The molecule has 3 fully saturated rings. The lowest BCUT2D eigenvalue weighted by Gasteiger charge is -2.46. The standard InChI is InChI=1S/C50H61FN14O7/c1-6-37(33-9-7-10-36(51)29(33)2)57-49(70)64-42(34(44(64)66)25-30-12-17-54-39(52)27-30)46(68)61(4)41-14-21-63(59-41)20-8-11-38(32-15-23-72-24-16-32)58-50(71)65-43(47(69)62(5)48-56-19-22-60(48)3)35(45(65)67)26-31-13-18-55-40(53)28-31/h7,9-10,12-14,17-19,21-22,27-28,32,34-35,37-38,42-43H,6,8,11,15-16,20,23-26H2,1-5H3,(H2,52,54)(H2,53,55)(H,57,70)(H,58,71)/t34-,35-,37-,38-,42+,43+/m1/s1. The van der Waals surface area contributed by atoms with Crippen molar-refractivity contribution in [3.63, 3.8) is 0 Å². The molecule has 1 aromatic carbocycles. The first-order valence-corrected chi connectivity index (χ1v) is 24.1. The number of anilines is 4. The third kappa shape index (κ3) is 10.5. The number of β-lactam (4-membered cyclic amide) rings is 2. The van der Waals surface area contributed by atoms with Crippen molar-refractivity contribution in [2.24, 2.45) is 24.8 Å². The van der Waals surface area contributed by atoms with Crippen molar-refractivity contribution in [2.45, 2.75) is 89.5 Å². The maximum Gasteiger partial charge on any atom is 0.325 e. The fourth-order valence-corrected chi connectivity index (χ4v) is 10.1. The summed E-state index contributed by atoms with van der Waals surface area (Å²) in [5.74, 6) is -3.08. The first-order valence-electron chi connectivity index (χ1n) is 24.1. The van der Waals surface area contributed by atoms with Crippen LogP contribution in [0.4, 0.5) is 37.4 Å². The Hall–Kier alpha value is -7.75. The molecule has 0 unspecified atom stereocenters. The van der Waals surface area contributed by atoms with Crippen LogP contribution in [-0.2, 0) is 50.3 Å². The molecule has 0 aliphatic carbocycles. The van der Waals surface area contributed by atoms with Crippen molar-refractivity contribution in [3.05, 3.63) is 108 Å². The van der Waals surface area contributed by atoms with Gasteiger partial charge in [0.2, 0.25) is 17.8 Å². The topological polar surface area (TPSA) is 262 Å².